The number of carbonyl (C=O) groups is 1. The number of hydrogen-bond donors (Lipinski definition) is 0. The van der Waals surface area contributed by atoms with Gasteiger partial charge in [-0.2, -0.15) is 0 Å². The molecule has 0 heterocycles. The predicted molar refractivity (Wildman–Crippen MR) is 77.1 cm³/mol. The Hall–Kier alpha value is -1.88. The van der Waals surface area contributed by atoms with Crippen molar-refractivity contribution in [2.75, 3.05) is 14.2 Å². The maximum atomic E-state index is 13.9. The Bertz CT molecular complexity index is 613. The van der Waals surface area contributed by atoms with Crippen LogP contribution in [-0.2, 0) is 0 Å². The molecule has 0 aliphatic heterocycles. The fraction of sp³-hybridized carbons (Fsp3) is 0.133. The minimum atomic E-state index is -0.600. The maximum absolute atomic E-state index is 13.9. The highest BCUT2D eigenvalue weighted by atomic mass is 79.9. The summed E-state index contributed by atoms with van der Waals surface area (Å²) in [5, 5.41) is 0. The molecule has 0 fully saturated rings. The smallest absolute Gasteiger partial charge is 0.204 e. The van der Waals surface area contributed by atoms with Crippen molar-refractivity contribution in [3.63, 3.8) is 0 Å². The minimum absolute atomic E-state index is 0.0460. The van der Waals surface area contributed by atoms with E-state index in [0.29, 0.717) is 16.0 Å². The van der Waals surface area contributed by atoms with Gasteiger partial charge in [-0.25, -0.2) is 4.39 Å². The number of rotatable bonds is 4. The largest absolute Gasteiger partial charge is 0.496 e. The van der Waals surface area contributed by atoms with E-state index in [-0.39, 0.29) is 11.1 Å². The van der Waals surface area contributed by atoms with E-state index >= 15 is 0 Å². The van der Waals surface area contributed by atoms with Gasteiger partial charge in [-0.05, 0) is 40.2 Å². The highest BCUT2D eigenvalue weighted by molar-refractivity contribution is 9.10. The zero-order valence-corrected chi connectivity index (χ0v) is 12.5. The third kappa shape index (κ3) is 2.54. The molecule has 0 amide bonds. The lowest BCUT2D eigenvalue weighted by Gasteiger charge is -2.13. The third-order valence-electron chi connectivity index (χ3n) is 2.84. The van der Waals surface area contributed by atoms with Gasteiger partial charge in [0.2, 0.25) is 5.78 Å². The van der Waals surface area contributed by atoms with Crippen LogP contribution < -0.4 is 9.47 Å². The Balaban J connectivity index is 2.65. The fourth-order valence-corrected chi connectivity index (χ4v) is 2.44. The summed E-state index contributed by atoms with van der Waals surface area (Å²) in [4.78, 5) is 12.6. The fourth-order valence-electron chi connectivity index (χ4n) is 1.91. The normalized spacial score (nSPS) is 10.2. The van der Waals surface area contributed by atoms with Gasteiger partial charge in [0.1, 0.15) is 22.9 Å². The molecular weight excluding hydrogens is 327 g/mol. The number of halogens is 2. The predicted octanol–water partition coefficient (Wildman–Crippen LogP) is 3.84. The number of benzene rings is 2. The van der Waals surface area contributed by atoms with Crippen LogP contribution in [0.1, 0.15) is 15.9 Å². The highest BCUT2D eigenvalue weighted by Crippen LogP contribution is 2.33. The first kappa shape index (κ1) is 14.5. The van der Waals surface area contributed by atoms with Crippen LogP contribution in [0, 0.1) is 5.82 Å². The van der Waals surface area contributed by atoms with Gasteiger partial charge >= 0.3 is 0 Å². The van der Waals surface area contributed by atoms with Crippen molar-refractivity contribution in [3.05, 3.63) is 57.8 Å². The van der Waals surface area contributed by atoms with Crippen LogP contribution in [-0.4, -0.2) is 20.0 Å². The van der Waals surface area contributed by atoms with Gasteiger partial charge in [0.25, 0.3) is 0 Å². The number of methoxy groups -OCH3 is 2. The topological polar surface area (TPSA) is 35.5 Å². The molecule has 5 heteroatoms. The molecule has 0 bridgehead atoms. The molecule has 0 aliphatic carbocycles. The summed E-state index contributed by atoms with van der Waals surface area (Å²) in [5.41, 5.74) is 0.151. The maximum Gasteiger partial charge on any atom is 0.204 e. The summed E-state index contributed by atoms with van der Waals surface area (Å²) in [7, 11) is 2.89. The monoisotopic (exact) mass is 338 g/mol. The molecule has 0 saturated heterocycles. The molecule has 3 nitrogen and oxygen atoms in total. The van der Waals surface area contributed by atoms with E-state index in [2.05, 4.69) is 15.9 Å². The Kier molecular flexibility index (Phi) is 4.39. The average molecular weight is 339 g/mol. The molecule has 0 aliphatic rings. The Morgan fingerprint density at radius 3 is 2.05 bits per heavy atom. The first-order valence-electron chi connectivity index (χ1n) is 5.79. The Labute approximate surface area is 124 Å². The SMILES string of the molecule is COc1cccc(OC)c1C(=O)c1c(F)cccc1Br. The molecule has 2 aromatic carbocycles. The summed E-state index contributed by atoms with van der Waals surface area (Å²) in [5.74, 6) is -0.421. The summed E-state index contributed by atoms with van der Waals surface area (Å²) in [6.07, 6.45) is 0. The number of carbonyl (C=O) groups excluding carboxylic acids is 1. The van der Waals surface area contributed by atoms with Crippen molar-refractivity contribution in [1.82, 2.24) is 0 Å². The zero-order valence-electron chi connectivity index (χ0n) is 10.9. The molecule has 0 aromatic heterocycles. The van der Waals surface area contributed by atoms with Gasteiger partial charge in [-0.3, -0.25) is 4.79 Å². The van der Waals surface area contributed by atoms with Gasteiger partial charge in [-0.1, -0.05) is 12.1 Å². The second-order valence-electron chi connectivity index (χ2n) is 3.96. The summed E-state index contributed by atoms with van der Waals surface area (Å²) in [6, 6.07) is 9.33. The van der Waals surface area contributed by atoms with Gasteiger partial charge < -0.3 is 9.47 Å². The van der Waals surface area contributed by atoms with Crippen LogP contribution >= 0.6 is 15.9 Å². The summed E-state index contributed by atoms with van der Waals surface area (Å²) >= 11 is 3.20. The average Bonchev–Trinajstić information content (AvgIpc) is 2.45. The molecule has 0 spiro atoms. The second-order valence-corrected chi connectivity index (χ2v) is 4.82. The van der Waals surface area contributed by atoms with Crippen molar-refractivity contribution < 1.29 is 18.7 Å². The van der Waals surface area contributed by atoms with Crippen molar-refractivity contribution in [2.24, 2.45) is 0 Å². The van der Waals surface area contributed by atoms with Crippen molar-refractivity contribution in [2.45, 2.75) is 0 Å². The first-order chi connectivity index (χ1) is 9.60. The van der Waals surface area contributed by atoms with E-state index in [1.54, 1.807) is 24.3 Å². The van der Waals surface area contributed by atoms with Crippen molar-refractivity contribution in [1.29, 1.82) is 0 Å². The highest BCUT2D eigenvalue weighted by Gasteiger charge is 2.24. The molecule has 20 heavy (non-hydrogen) atoms. The Morgan fingerprint density at radius 1 is 1.00 bits per heavy atom. The lowest BCUT2D eigenvalue weighted by Crippen LogP contribution is -2.09. The van der Waals surface area contributed by atoms with Crippen LogP contribution in [0.2, 0.25) is 0 Å². The minimum Gasteiger partial charge on any atom is -0.496 e. The molecular formula is C15H12BrFO3. The first-order valence-corrected chi connectivity index (χ1v) is 6.59. The van der Waals surface area contributed by atoms with E-state index < -0.39 is 11.6 Å². The zero-order chi connectivity index (χ0) is 14.7. The van der Waals surface area contributed by atoms with E-state index in [0.717, 1.165) is 0 Å². The van der Waals surface area contributed by atoms with Gasteiger partial charge in [-0.15, -0.1) is 0 Å². The van der Waals surface area contributed by atoms with Crippen molar-refractivity contribution in [3.8, 4) is 11.5 Å². The Morgan fingerprint density at radius 2 is 1.55 bits per heavy atom. The molecule has 0 unspecified atom stereocenters. The van der Waals surface area contributed by atoms with Crippen LogP contribution in [0.25, 0.3) is 0 Å². The summed E-state index contributed by atoms with van der Waals surface area (Å²) in [6.45, 7) is 0. The van der Waals surface area contributed by atoms with E-state index in [4.69, 9.17) is 9.47 Å². The van der Waals surface area contributed by atoms with Crippen molar-refractivity contribution >= 4 is 21.7 Å². The van der Waals surface area contributed by atoms with Crippen LogP contribution in [0.3, 0.4) is 0 Å². The molecule has 0 saturated carbocycles. The van der Waals surface area contributed by atoms with Crippen LogP contribution in [0.4, 0.5) is 4.39 Å². The lowest BCUT2D eigenvalue weighted by atomic mass is 10.0. The van der Waals surface area contributed by atoms with Gasteiger partial charge in [0.05, 0.1) is 19.8 Å². The van der Waals surface area contributed by atoms with Crippen LogP contribution in [0.5, 0.6) is 11.5 Å². The molecule has 0 N–H and O–H groups in total. The van der Waals surface area contributed by atoms with Crippen LogP contribution in [0.15, 0.2) is 40.9 Å². The van der Waals surface area contributed by atoms with E-state index in [9.17, 15) is 9.18 Å². The third-order valence-corrected chi connectivity index (χ3v) is 3.51. The number of hydrogen-bond acceptors (Lipinski definition) is 3. The standard InChI is InChI=1S/C15H12BrFO3/c1-19-11-7-4-8-12(20-2)14(11)15(18)13-9(16)5-3-6-10(13)17/h3-8H,1-2H3. The molecule has 0 radical (unpaired) electrons. The number of ketones is 1. The second kappa shape index (κ2) is 6.05. The molecule has 104 valence electrons. The molecule has 2 rings (SSSR count). The van der Waals surface area contributed by atoms with Gasteiger partial charge in [0.15, 0.2) is 0 Å². The lowest BCUT2D eigenvalue weighted by molar-refractivity contribution is 0.102. The van der Waals surface area contributed by atoms with Gasteiger partial charge in [0, 0.05) is 4.47 Å². The van der Waals surface area contributed by atoms with E-state index in [1.165, 1.54) is 26.4 Å². The number of ether oxygens (including phenoxy) is 2. The molecule has 2 aromatic rings. The summed E-state index contributed by atoms with van der Waals surface area (Å²) < 4.78 is 24.7. The molecule has 0 atom stereocenters. The quantitative estimate of drug-likeness (QED) is 0.794. The van der Waals surface area contributed by atoms with E-state index in [1.807, 2.05) is 0 Å².